The lowest BCUT2D eigenvalue weighted by molar-refractivity contribution is 0.102. The SMILES string of the molecule is CC(C)c1[nH]c(-c2ccc(F)cc2)c(-c2ccccc2)c1C(=O)Nc1ccc(OCc2ccccc2)cc1. The van der Waals surface area contributed by atoms with Gasteiger partial charge in [0.25, 0.3) is 5.91 Å². The third-order valence-corrected chi connectivity index (χ3v) is 6.39. The molecule has 5 rings (SSSR count). The number of H-pyrrole nitrogens is 1. The van der Waals surface area contributed by atoms with Gasteiger partial charge in [0.1, 0.15) is 18.2 Å². The molecule has 0 spiro atoms. The molecule has 190 valence electrons. The smallest absolute Gasteiger partial charge is 0.258 e. The minimum absolute atomic E-state index is 0.0566. The quantitative estimate of drug-likeness (QED) is 0.223. The van der Waals surface area contributed by atoms with E-state index < -0.39 is 0 Å². The van der Waals surface area contributed by atoms with E-state index in [0.29, 0.717) is 17.9 Å². The molecular formula is C33H29FN2O2. The van der Waals surface area contributed by atoms with Crippen LogP contribution in [0, 0.1) is 5.82 Å². The predicted octanol–water partition coefficient (Wildman–Crippen LogP) is 8.44. The van der Waals surface area contributed by atoms with E-state index in [9.17, 15) is 9.18 Å². The maximum absolute atomic E-state index is 13.8. The van der Waals surface area contributed by atoms with E-state index in [1.54, 1.807) is 12.1 Å². The molecule has 1 aromatic heterocycles. The molecule has 4 nitrogen and oxygen atoms in total. The number of anilines is 1. The second kappa shape index (κ2) is 11.2. The van der Waals surface area contributed by atoms with Gasteiger partial charge in [-0.15, -0.1) is 0 Å². The molecule has 0 saturated heterocycles. The molecule has 0 aliphatic rings. The first-order chi connectivity index (χ1) is 18.5. The standard InChI is InChI=1S/C33H29FN2O2/c1-22(2)31-30(29(24-11-7-4-8-12-24)32(36-31)25-13-15-26(34)16-14-25)33(37)35-27-17-19-28(20-18-27)38-21-23-9-5-3-6-10-23/h3-20,22,36H,21H2,1-2H3,(H,35,37). The van der Waals surface area contributed by atoms with Crippen molar-refractivity contribution in [3.8, 4) is 28.1 Å². The molecule has 0 saturated carbocycles. The lowest BCUT2D eigenvalue weighted by Crippen LogP contribution is -2.15. The third kappa shape index (κ3) is 5.52. The molecule has 2 N–H and O–H groups in total. The summed E-state index contributed by atoms with van der Waals surface area (Å²) >= 11 is 0. The normalized spacial score (nSPS) is 10.9. The number of benzene rings is 4. The number of rotatable bonds is 8. The Bertz CT molecular complexity index is 1510. The number of ether oxygens (including phenoxy) is 1. The van der Waals surface area contributed by atoms with Gasteiger partial charge in [-0.2, -0.15) is 0 Å². The molecule has 0 atom stereocenters. The molecule has 5 aromatic rings. The zero-order valence-electron chi connectivity index (χ0n) is 21.4. The van der Waals surface area contributed by atoms with Crippen LogP contribution in [0.15, 0.2) is 109 Å². The molecule has 1 amide bonds. The molecule has 0 unspecified atom stereocenters. The van der Waals surface area contributed by atoms with Crippen molar-refractivity contribution in [2.24, 2.45) is 0 Å². The predicted molar refractivity (Wildman–Crippen MR) is 151 cm³/mol. The molecule has 0 fully saturated rings. The fraction of sp³-hybridized carbons (Fsp3) is 0.121. The number of aromatic amines is 1. The lowest BCUT2D eigenvalue weighted by atomic mass is 9.94. The van der Waals surface area contributed by atoms with Gasteiger partial charge in [-0.3, -0.25) is 4.79 Å². The van der Waals surface area contributed by atoms with Crippen LogP contribution >= 0.6 is 0 Å². The molecule has 1 heterocycles. The molecule has 5 heteroatoms. The Hall–Kier alpha value is -4.64. The maximum Gasteiger partial charge on any atom is 0.258 e. The summed E-state index contributed by atoms with van der Waals surface area (Å²) in [4.78, 5) is 17.3. The molecule has 0 aliphatic heterocycles. The Morgan fingerprint density at radius 2 is 1.45 bits per heavy atom. The summed E-state index contributed by atoms with van der Waals surface area (Å²) in [5, 5.41) is 3.06. The van der Waals surface area contributed by atoms with Gasteiger partial charge in [0, 0.05) is 16.9 Å². The van der Waals surface area contributed by atoms with Crippen molar-refractivity contribution in [3.05, 3.63) is 132 Å². The van der Waals surface area contributed by atoms with E-state index in [1.165, 1.54) is 12.1 Å². The van der Waals surface area contributed by atoms with Crippen molar-refractivity contribution in [2.45, 2.75) is 26.4 Å². The van der Waals surface area contributed by atoms with Crippen LogP contribution in [0.4, 0.5) is 10.1 Å². The van der Waals surface area contributed by atoms with E-state index in [0.717, 1.165) is 39.4 Å². The van der Waals surface area contributed by atoms with Gasteiger partial charge in [-0.25, -0.2) is 4.39 Å². The third-order valence-electron chi connectivity index (χ3n) is 6.39. The van der Waals surface area contributed by atoms with Crippen molar-refractivity contribution >= 4 is 11.6 Å². The fourth-order valence-corrected chi connectivity index (χ4v) is 4.48. The number of halogens is 1. The first-order valence-corrected chi connectivity index (χ1v) is 12.6. The second-order valence-corrected chi connectivity index (χ2v) is 9.44. The largest absolute Gasteiger partial charge is 0.489 e. The number of nitrogens with one attached hydrogen (secondary N) is 2. The molecule has 0 bridgehead atoms. The minimum atomic E-state index is -0.306. The Morgan fingerprint density at radius 3 is 2.08 bits per heavy atom. The Balaban J connectivity index is 1.46. The van der Waals surface area contributed by atoms with E-state index in [2.05, 4.69) is 10.3 Å². The molecule has 4 aromatic carbocycles. The van der Waals surface area contributed by atoms with Crippen molar-refractivity contribution in [1.82, 2.24) is 4.98 Å². The number of hydrogen-bond donors (Lipinski definition) is 2. The average molecular weight is 505 g/mol. The maximum atomic E-state index is 13.8. The first kappa shape index (κ1) is 25.0. The summed E-state index contributed by atoms with van der Waals surface area (Å²) in [7, 11) is 0. The summed E-state index contributed by atoms with van der Waals surface area (Å²) < 4.78 is 19.6. The Kier molecular flexibility index (Phi) is 7.36. The van der Waals surface area contributed by atoms with E-state index >= 15 is 0 Å². The van der Waals surface area contributed by atoms with Gasteiger partial charge in [0.05, 0.1) is 11.3 Å². The van der Waals surface area contributed by atoms with Crippen LogP contribution in [0.1, 0.15) is 41.4 Å². The lowest BCUT2D eigenvalue weighted by Gasteiger charge is -2.12. The summed E-state index contributed by atoms with van der Waals surface area (Å²) in [5.41, 5.74) is 6.45. The monoisotopic (exact) mass is 504 g/mol. The summed E-state index contributed by atoms with van der Waals surface area (Å²) in [6.07, 6.45) is 0. The van der Waals surface area contributed by atoms with Gasteiger partial charge in [-0.1, -0.05) is 74.5 Å². The van der Waals surface area contributed by atoms with E-state index in [4.69, 9.17) is 4.74 Å². The van der Waals surface area contributed by atoms with Crippen molar-refractivity contribution < 1.29 is 13.9 Å². The zero-order valence-corrected chi connectivity index (χ0v) is 21.4. The Labute approximate surface area is 222 Å². The van der Waals surface area contributed by atoms with Crippen molar-refractivity contribution in [3.63, 3.8) is 0 Å². The topological polar surface area (TPSA) is 54.1 Å². The highest BCUT2D eigenvalue weighted by Crippen LogP contribution is 2.39. The van der Waals surface area contributed by atoms with Crippen LogP contribution in [-0.2, 0) is 6.61 Å². The second-order valence-electron chi connectivity index (χ2n) is 9.44. The van der Waals surface area contributed by atoms with Crippen LogP contribution in [0.5, 0.6) is 5.75 Å². The highest BCUT2D eigenvalue weighted by atomic mass is 19.1. The van der Waals surface area contributed by atoms with E-state index in [-0.39, 0.29) is 17.6 Å². The zero-order chi connectivity index (χ0) is 26.5. The molecule has 0 radical (unpaired) electrons. The summed E-state index contributed by atoms with van der Waals surface area (Å²) in [6, 6.07) is 33.5. The molecule has 0 aliphatic carbocycles. The van der Waals surface area contributed by atoms with E-state index in [1.807, 2.05) is 98.8 Å². The Morgan fingerprint density at radius 1 is 0.816 bits per heavy atom. The molecule has 38 heavy (non-hydrogen) atoms. The van der Waals surface area contributed by atoms with Gasteiger partial charge in [0.2, 0.25) is 0 Å². The summed E-state index contributed by atoms with van der Waals surface area (Å²) in [5.74, 6) is 0.260. The van der Waals surface area contributed by atoms with Crippen molar-refractivity contribution in [1.29, 1.82) is 0 Å². The first-order valence-electron chi connectivity index (χ1n) is 12.6. The van der Waals surface area contributed by atoms with Gasteiger partial charge in [-0.05, 0) is 71.1 Å². The number of amides is 1. The highest BCUT2D eigenvalue weighted by Gasteiger charge is 2.26. The van der Waals surface area contributed by atoms with Crippen LogP contribution < -0.4 is 10.1 Å². The van der Waals surface area contributed by atoms with Gasteiger partial charge in [0.15, 0.2) is 0 Å². The number of carbonyl (C=O) groups is 1. The average Bonchev–Trinajstić information content (AvgIpc) is 3.35. The fourth-order valence-electron chi connectivity index (χ4n) is 4.48. The van der Waals surface area contributed by atoms with Crippen LogP contribution in [0.2, 0.25) is 0 Å². The number of carbonyl (C=O) groups excluding carboxylic acids is 1. The number of hydrogen-bond acceptors (Lipinski definition) is 2. The van der Waals surface area contributed by atoms with Gasteiger partial charge >= 0.3 is 0 Å². The highest BCUT2D eigenvalue weighted by molar-refractivity contribution is 6.12. The molecular weight excluding hydrogens is 475 g/mol. The number of aromatic nitrogens is 1. The van der Waals surface area contributed by atoms with Crippen molar-refractivity contribution in [2.75, 3.05) is 5.32 Å². The summed E-state index contributed by atoms with van der Waals surface area (Å²) in [6.45, 7) is 4.57. The van der Waals surface area contributed by atoms with Crippen LogP contribution in [0.25, 0.3) is 22.4 Å². The van der Waals surface area contributed by atoms with Crippen LogP contribution in [0.3, 0.4) is 0 Å². The van der Waals surface area contributed by atoms with Gasteiger partial charge < -0.3 is 15.0 Å². The minimum Gasteiger partial charge on any atom is -0.489 e. The van der Waals surface area contributed by atoms with Crippen LogP contribution in [-0.4, -0.2) is 10.9 Å².